The highest BCUT2D eigenvalue weighted by atomic mass is 35.5. The number of sulfonamides is 1. The quantitative estimate of drug-likeness (QED) is 0.446. The van der Waals surface area contributed by atoms with Crippen molar-refractivity contribution in [3.8, 4) is 0 Å². The molecule has 35 heavy (non-hydrogen) atoms. The van der Waals surface area contributed by atoms with Gasteiger partial charge in [0.2, 0.25) is 21.8 Å². The average molecular weight is 543 g/mol. The molecule has 2 aromatic rings. The molecule has 0 saturated heterocycles. The number of rotatable bonds is 11. The monoisotopic (exact) mass is 541 g/mol. The van der Waals surface area contributed by atoms with Crippen LogP contribution in [0.15, 0.2) is 36.4 Å². The second kappa shape index (κ2) is 12.6. The van der Waals surface area contributed by atoms with E-state index < -0.39 is 28.5 Å². The number of nitrogens with one attached hydrogen (secondary N) is 1. The van der Waals surface area contributed by atoms with Crippen LogP contribution >= 0.6 is 23.2 Å². The van der Waals surface area contributed by atoms with Crippen LogP contribution in [0, 0.1) is 13.8 Å². The Morgan fingerprint density at radius 3 is 2.17 bits per heavy atom. The van der Waals surface area contributed by atoms with Crippen LogP contribution in [0.5, 0.6) is 0 Å². The molecule has 0 radical (unpaired) electrons. The summed E-state index contributed by atoms with van der Waals surface area (Å²) in [4.78, 5) is 28.1. The molecule has 1 atom stereocenters. The highest BCUT2D eigenvalue weighted by Crippen LogP contribution is 2.28. The molecular formula is C25H33Cl2N3O4S. The minimum absolute atomic E-state index is 0.0419. The summed E-state index contributed by atoms with van der Waals surface area (Å²) in [6.07, 6.45) is 2.12. The Hall–Kier alpha value is -2.29. The molecule has 0 spiro atoms. The zero-order valence-electron chi connectivity index (χ0n) is 20.8. The number of amides is 2. The van der Waals surface area contributed by atoms with Crippen molar-refractivity contribution in [2.24, 2.45) is 0 Å². The third-order valence-electron chi connectivity index (χ3n) is 5.85. The highest BCUT2D eigenvalue weighted by Gasteiger charge is 2.32. The van der Waals surface area contributed by atoms with E-state index >= 15 is 0 Å². The van der Waals surface area contributed by atoms with Crippen LogP contribution in [-0.2, 0) is 26.2 Å². The Kier molecular flexibility index (Phi) is 10.4. The van der Waals surface area contributed by atoms with Crippen molar-refractivity contribution in [3.63, 3.8) is 0 Å². The molecule has 0 heterocycles. The molecule has 0 aliphatic rings. The van der Waals surface area contributed by atoms with Gasteiger partial charge < -0.3 is 10.2 Å². The number of aryl methyl sites for hydroxylation is 1. The van der Waals surface area contributed by atoms with Crippen LogP contribution in [0.3, 0.4) is 0 Å². The Labute approximate surface area is 218 Å². The largest absolute Gasteiger partial charge is 0.354 e. The number of hydrogen-bond donors (Lipinski definition) is 1. The first-order valence-corrected chi connectivity index (χ1v) is 14.1. The fourth-order valence-corrected chi connectivity index (χ4v) is 5.16. The first kappa shape index (κ1) is 28.9. The summed E-state index contributed by atoms with van der Waals surface area (Å²) in [5, 5.41) is 3.55. The van der Waals surface area contributed by atoms with Crippen LogP contribution < -0.4 is 9.62 Å². The second-order valence-electron chi connectivity index (χ2n) is 8.43. The number of halogens is 2. The van der Waals surface area contributed by atoms with E-state index in [0.717, 1.165) is 28.1 Å². The predicted octanol–water partition coefficient (Wildman–Crippen LogP) is 4.71. The molecule has 1 unspecified atom stereocenters. The van der Waals surface area contributed by atoms with Crippen molar-refractivity contribution >= 4 is 50.7 Å². The highest BCUT2D eigenvalue weighted by molar-refractivity contribution is 7.92. The lowest BCUT2D eigenvalue weighted by atomic mass is 10.1. The maximum atomic E-state index is 13.7. The fourth-order valence-electron chi connectivity index (χ4n) is 3.74. The van der Waals surface area contributed by atoms with Crippen molar-refractivity contribution in [1.29, 1.82) is 0 Å². The third-order valence-corrected chi connectivity index (χ3v) is 7.68. The minimum atomic E-state index is -3.81. The van der Waals surface area contributed by atoms with Gasteiger partial charge in [0.1, 0.15) is 12.6 Å². The third kappa shape index (κ3) is 7.35. The molecular weight excluding hydrogens is 509 g/mol. The Morgan fingerprint density at radius 1 is 1.03 bits per heavy atom. The number of anilines is 1. The van der Waals surface area contributed by atoms with Gasteiger partial charge in [-0.3, -0.25) is 13.9 Å². The summed E-state index contributed by atoms with van der Waals surface area (Å²) in [6, 6.07) is 9.45. The van der Waals surface area contributed by atoms with Crippen molar-refractivity contribution in [3.05, 3.63) is 63.1 Å². The molecule has 2 amide bonds. The Balaban J connectivity index is 2.53. The first-order chi connectivity index (χ1) is 16.4. The van der Waals surface area contributed by atoms with Gasteiger partial charge in [-0.1, -0.05) is 55.2 Å². The van der Waals surface area contributed by atoms with E-state index in [4.69, 9.17) is 23.2 Å². The molecule has 0 bridgehead atoms. The van der Waals surface area contributed by atoms with Gasteiger partial charge in [-0.05, 0) is 56.0 Å². The SMILES string of the molecule is CCCNC(=O)C(CC)N(Cc1c(Cl)cccc1Cl)C(=O)CN(c1cccc(C)c1C)S(C)(=O)=O. The lowest BCUT2D eigenvalue weighted by Gasteiger charge is -2.33. The number of carbonyl (C=O) groups excluding carboxylic acids is 2. The summed E-state index contributed by atoms with van der Waals surface area (Å²) in [5.74, 6) is -0.852. The first-order valence-electron chi connectivity index (χ1n) is 11.5. The summed E-state index contributed by atoms with van der Waals surface area (Å²) >= 11 is 12.7. The van der Waals surface area contributed by atoms with Crippen LogP contribution in [0.4, 0.5) is 5.69 Å². The fraction of sp³-hybridized carbons (Fsp3) is 0.440. The number of benzene rings is 2. The second-order valence-corrected chi connectivity index (χ2v) is 11.1. The van der Waals surface area contributed by atoms with E-state index in [9.17, 15) is 18.0 Å². The molecule has 0 fully saturated rings. The number of carbonyl (C=O) groups is 2. The maximum Gasteiger partial charge on any atom is 0.244 e. The normalized spacial score (nSPS) is 12.2. The maximum absolute atomic E-state index is 13.7. The molecule has 0 aromatic heterocycles. The van der Waals surface area contributed by atoms with Crippen LogP contribution in [0.2, 0.25) is 10.0 Å². The topological polar surface area (TPSA) is 86.8 Å². The van der Waals surface area contributed by atoms with E-state index in [1.807, 2.05) is 26.8 Å². The summed E-state index contributed by atoms with van der Waals surface area (Å²) < 4.78 is 26.6. The van der Waals surface area contributed by atoms with E-state index in [2.05, 4.69) is 5.32 Å². The van der Waals surface area contributed by atoms with E-state index in [1.54, 1.807) is 37.3 Å². The van der Waals surface area contributed by atoms with E-state index in [-0.39, 0.29) is 12.5 Å². The average Bonchev–Trinajstić information content (AvgIpc) is 2.79. The molecule has 10 heteroatoms. The van der Waals surface area contributed by atoms with Gasteiger partial charge in [0, 0.05) is 28.7 Å². The van der Waals surface area contributed by atoms with Gasteiger partial charge >= 0.3 is 0 Å². The van der Waals surface area contributed by atoms with Crippen LogP contribution in [0.25, 0.3) is 0 Å². The lowest BCUT2D eigenvalue weighted by molar-refractivity contribution is -0.140. The molecule has 2 aromatic carbocycles. The standard InChI is InChI=1S/C25H33Cl2N3O4S/c1-6-14-28-25(32)22(7-2)29(15-19-20(26)11-9-12-21(19)27)24(31)16-30(35(5,33)34)23-13-8-10-17(3)18(23)4/h8-13,22H,6-7,14-16H2,1-5H3,(H,28,32). The molecule has 0 aliphatic heterocycles. The van der Waals surface area contributed by atoms with Gasteiger partial charge in [-0.2, -0.15) is 0 Å². The zero-order chi connectivity index (χ0) is 26.3. The van der Waals surface area contributed by atoms with Crippen molar-refractivity contribution in [2.45, 2.75) is 53.1 Å². The molecule has 192 valence electrons. The minimum Gasteiger partial charge on any atom is -0.354 e. The van der Waals surface area contributed by atoms with E-state index in [1.165, 1.54) is 4.90 Å². The van der Waals surface area contributed by atoms with Crippen molar-refractivity contribution in [1.82, 2.24) is 10.2 Å². The van der Waals surface area contributed by atoms with Crippen molar-refractivity contribution in [2.75, 3.05) is 23.7 Å². The van der Waals surface area contributed by atoms with Crippen LogP contribution in [-0.4, -0.2) is 50.5 Å². The lowest BCUT2D eigenvalue weighted by Crippen LogP contribution is -2.52. The molecule has 0 aliphatic carbocycles. The van der Waals surface area contributed by atoms with Gasteiger partial charge in [-0.15, -0.1) is 0 Å². The molecule has 1 N–H and O–H groups in total. The summed E-state index contributed by atoms with van der Waals surface area (Å²) in [5.41, 5.74) is 2.55. The van der Waals surface area contributed by atoms with Gasteiger partial charge in [-0.25, -0.2) is 8.42 Å². The van der Waals surface area contributed by atoms with Gasteiger partial charge in [0.05, 0.1) is 11.9 Å². The summed E-state index contributed by atoms with van der Waals surface area (Å²) in [6.45, 7) is 7.36. The number of nitrogens with zero attached hydrogens (tertiary/aromatic N) is 2. The molecule has 2 rings (SSSR count). The Morgan fingerprint density at radius 2 is 1.63 bits per heavy atom. The van der Waals surface area contributed by atoms with Gasteiger partial charge in [0.25, 0.3) is 0 Å². The smallest absolute Gasteiger partial charge is 0.244 e. The van der Waals surface area contributed by atoms with Crippen LogP contribution in [0.1, 0.15) is 43.4 Å². The van der Waals surface area contributed by atoms with Crippen molar-refractivity contribution < 1.29 is 18.0 Å². The Bertz CT molecular complexity index is 1150. The van der Waals surface area contributed by atoms with E-state index in [0.29, 0.717) is 34.3 Å². The summed E-state index contributed by atoms with van der Waals surface area (Å²) in [7, 11) is -3.81. The molecule has 0 saturated carbocycles. The van der Waals surface area contributed by atoms with Gasteiger partial charge in [0.15, 0.2) is 0 Å². The predicted molar refractivity (Wildman–Crippen MR) is 142 cm³/mol. The number of hydrogen-bond acceptors (Lipinski definition) is 4. The molecule has 7 nitrogen and oxygen atoms in total. The zero-order valence-corrected chi connectivity index (χ0v) is 23.1.